The summed E-state index contributed by atoms with van der Waals surface area (Å²) in [5, 5.41) is 3.21. The number of amides is 1. The Morgan fingerprint density at radius 1 is 1.33 bits per heavy atom. The van der Waals surface area contributed by atoms with Gasteiger partial charge in [-0.2, -0.15) is 0 Å². The lowest BCUT2D eigenvalue weighted by Crippen LogP contribution is -2.44. The van der Waals surface area contributed by atoms with Gasteiger partial charge in [-0.05, 0) is 43.5 Å². The number of rotatable bonds is 8. The molecule has 1 aromatic carbocycles. The van der Waals surface area contributed by atoms with Gasteiger partial charge in [0.1, 0.15) is 12.4 Å². The third kappa shape index (κ3) is 6.00. The average molecular weight is 330 g/mol. The molecule has 132 valence electrons. The van der Waals surface area contributed by atoms with Gasteiger partial charge in [0.15, 0.2) is 0 Å². The van der Waals surface area contributed by atoms with Gasteiger partial charge in [-0.15, -0.1) is 0 Å². The molecule has 0 heterocycles. The van der Waals surface area contributed by atoms with E-state index < -0.39 is 0 Å². The lowest BCUT2D eigenvalue weighted by molar-refractivity contribution is -0.123. The van der Waals surface area contributed by atoms with Crippen molar-refractivity contribution in [3.05, 3.63) is 42.5 Å². The molecule has 4 heteroatoms. The minimum atomic E-state index is 0.127. The number of hydrogen-bond donors (Lipinski definition) is 1. The Kier molecular flexibility index (Phi) is 7.32. The zero-order chi connectivity index (χ0) is 17.4. The molecule has 0 radical (unpaired) electrons. The molecule has 0 bridgehead atoms. The molecular formula is C20H30N2O2. The van der Waals surface area contributed by atoms with Gasteiger partial charge in [-0.3, -0.25) is 9.69 Å². The Hall–Kier alpha value is -1.81. The monoisotopic (exact) mass is 330 g/mol. The largest absolute Gasteiger partial charge is 0.490 e. The van der Waals surface area contributed by atoms with Gasteiger partial charge in [0.05, 0.1) is 6.54 Å². The fourth-order valence-electron chi connectivity index (χ4n) is 3.24. The molecule has 0 saturated heterocycles. The van der Waals surface area contributed by atoms with E-state index in [1.54, 1.807) is 6.08 Å². The summed E-state index contributed by atoms with van der Waals surface area (Å²) in [7, 11) is 1.98. The second-order valence-corrected chi connectivity index (χ2v) is 6.85. The van der Waals surface area contributed by atoms with E-state index in [0.717, 1.165) is 18.7 Å². The molecule has 1 amide bonds. The van der Waals surface area contributed by atoms with E-state index in [-0.39, 0.29) is 5.91 Å². The van der Waals surface area contributed by atoms with Gasteiger partial charge in [-0.1, -0.05) is 44.6 Å². The Balaban J connectivity index is 1.76. The first kappa shape index (κ1) is 18.5. The maximum atomic E-state index is 12.2. The summed E-state index contributed by atoms with van der Waals surface area (Å²) >= 11 is 0. The minimum absolute atomic E-state index is 0.127. The summed E-state index contributed by atoms with van der Waals surface area (Å²) in [5.74, 6) is 1.56. The molecule has 2 atom stereocenters. The highest BCUT2D eigenvalue weighted by molar-refractivity contribution is 5.78. The van der Waals surface area contributed by atoms with E-state index in [1.165, 1.54) is 24.8 Å². The number of carbonyl (C=O) groups is 1. The van der Waals surface area contributed by atoms with Crippen LogP contribution in [0.25, 0.3) is 0 Å². The van der Waals surface area contributed by atoms with Gasteiger partial charge in [0, 0.05) is 12.6 Å². The molecule has 0 aromatic heterocycles. The summed E-state index contributed by atoms with van der Waals surface area (Å²) in [6.45, 7) is 7.56. The molecule has 24 heavy (non-hydrogen) atoms. The maximum Gasteiger partial charge on any atom is 0.234 e. The SMILES string of the molecule is C=CCOc1ccc(CN(C)CC(=O)N[C@H]2CCCC[C@H]2C)cc1. The Bertz CT molecular complexity index is 527. The van der Waals surface area contributed by atoms with Crippen molar-refractivity contribution >= 4 is 5.91 Å². The number of nitrogens with one attached hydrogen (secondary N) is 1. The second-order valence-electron chi connectivity index (χ2n) is 6.85. The smallest absolute Gasteiger partial charge is 0.234 e. The van der Waals surface area contributed by atoms with Gasteiger partial charge < -0.3 is 10.1 Å². The van der Waals surface area contributed by atoms with E-state index in [4.69, 9.17) is 4.74 Å². The van der Waals surface area contributed by atoms with Crippen LogP contribution in [0.5, 0.6) is 5.75 Å². The number of benzene rings is 1. The number of hydrogen-bond acceptors (Lipinski definition) is 3. The van der Waals surface area contributed by atoms with Crippen LogP contribution < -0.4 is 10.1 Å². The highest BCUT2D eigenvalue weighted by atomic mass is 16.5. The third-order valence-electron chi connectivity index (χ3n) is 4.62. The summed E-state index contributed by atoms with van der Waals surface area (Å²) in [6, 6.07) is 8.33. The third-order valence-corrected chi connectivity index (χ3v) is 4.62. The highest BCUT2D eigenvalue weighted by Gasteiger charge is 2.23. The van der Waals surface area contributed by atoms with Crippen LogP contribution in [0.1, 0.15) is 38.2 Å². The van der Waals surface area contributed by atoms with Gasteiger partial charge in [0.25, 0.3) is 0 Å². The van der Waals surface area contributed by atoms with Gasteiger partial charge >= 0.3 is 0 Å². The van der Waals surface area contributed by atoms with Crippen LogP contribution in [0.4, 0.5) is 0 Å². The van der Waals surface area contributed by atoms with Crippen molar-refractivity contribution in [1.82, 2.24) is 10.2 Å². The van der Waals surface area contributed by atoms with E-state index in [2.05, 4.69) is 18.8 Å². The van der Waals surface area contributed by atoms with Crippen LogP contribution in [0.15, 0.2) is 36.9 Å². The number of ether oxygens (including phenoxy) is 1. The molecule has 1 aromatic rings. The zero-order valence-electron chi connectivity index (χ0n) is 15.0. The fourth-order valence-corrected chi connectivity index (χ4v) is 3.24. The number of likely N-dealkylation sites (N-methyl/N-ethyl adjacent to an activating group) is 1. The first-order valence-corrected chi connectivity index (χ1v) is 8.89. The van der Waals surface area contributed by atoms with E-state index in [1.807, 2.05) is 36.2 Å². The normalized spacial score (nSPS) is 20.6. The molecule has 1 aliphatic carbocycles. The van der Waals surface area contributed by atoms with Crippen LogP contribution in [0, 0.1) is 5.92 Å². The minimum Gasteiger partial charge on any atom is -0.490 e. The predicted octanol–water partition coefficient (Wildman–Crippen LogP) is 3.38. The van der Waals surface area contributed by atoms with Crippen LogP contribution in [-0.2, 0) is 11.3 Å². The second kappa shape index (κ2) is 9.48. The Morgan fingerprint density at radius 2 is 2.04 bits per heavy atom. The Labute approximate surface area is 145 Å². The Morgan fingerprint density at radius 3 is 2.71 bits per heavy atom. The van der Waals surface area contributed by atoms with Crippen LogP contribution in [0.3, 0.4) is 0 Å². The maximum absolute atomic E-state index is 12.2. The molecule has 4 nitrogen and oxygen atoms in total. The molecule has 0 spiro atoms. The van der Waals surface area contributed by atoms with Crippen molar-refractivity contribution in [2.45, 2.75) is 45.2 Å². The summed E-state index contributed by atoms with van der Waals surface area (Å²) < 4.78 is 5.48. The van der Waals surface area contributed by atoms with Crippen molar-refractivity contribution in [2.24, 2.45) is 5.92 Å². The van der Waals surface area contributed by atoms with Gasteiger partial charge in [-0.25, -0.2) is 0 Å². The zero-order valence-corrected chi connectivity index (χ0v) is 15.0. The average Bonchev–Trinajstić information content (AvgIpc) is 2.56. The fraction of sp³-hybridized carbons (Fsp3) is 0.550. The van der Waals surface area contributed by atoms with Crippen molar-refractivity contribution < 1.29 is 9.53 Å². The lowest BCUT2D eigenvalue weighted by Gasteiger charge is -2.30. The molecule has 1 fully saturated rings. The van der Waals surface area contributed by atoms with E-state index >= 15 is 0 Å². The predicted molar refractivity (Wildman–Crippen MR) is 98.0 cm³/mol. The lowest BCUT2D eigenvalue weighted by atomic mass is 9.86. The molecule has 0 aliphatic heterocycles. The standard InChI is InChI=1S/C20H30N2O2/c1-4-13-24-18-11-9-17(10-12-18)14-22(3)15-20(23)21-19-8-6-5-7-16(19)2/h4,9-12,16,19H,1,5-8,13-15H2,2-3H3,(H,21,23)/t16-,19+/m1/s1. The van der Waals surface area contributed by atoms with Crippen LogP contribution >= 0.6 is 0 Å². The summed E-state index contributed by atoms with van der Waals surface area (Å²) in [6.07, 6.45) is 6.59. The number of carbonyl (C=O) groups excluding carboxylic acids is 1. The highest BCUT2D eigenvalue weighted by Crippen LogP contribution is 2.23. The number of nitrogens with zero attached hydrogens (tertiary/aromatic N) is 1. The molecule has 0 unspecified atom stereocenters. The van der Waals surface area contributed by atoms with Crippen LogP contribution in [-0.4, -0.2) is 37.0 Å². The quantitative estimate of drug-likeness (QED) is 0.743. The van der Waals surface area contributed by atoms with Crippen LogP contribution in [0.2, 0.25) is 0 Å². The van der Waals surface area contributed by atoms with E-state index in [9.17, 15) is 4.79 Å². The summed E-state index contributed by atoms with van der Waals surface area (Å²) in [4.78, 5) is 14.3. The van der Waals surface area contributed by atoms with Crippen molar-refractivity contribution in [1.29, 1.82) is 0 Å². The molecule has 1 N–H and O–H groups in total. The van der Waals surface area contributed by atoms with Gasteiger partial charge in [0.2, 0.25) is 5.91 Å². The molecular weight excluding hydrogens is 300 g/mol. The van der Waals surface area contributed by atoms with Crippen molar-refractivity contribution in [3.63, 3.8) is 0 Å². The van der Waals surface area contributed by atoms with Crippen molar-refractivity contribution in [3.8, 4) is 5.75 Å². The first-order chi connectivity index (χ1) is 11.6. The summed E-state index contributed by atoms with van der Waals surface area (Å²) in [5.41, 5.74) is 1.17. The molecule has 2 rings (SSSR count). The first-order valence-electron chi connectivity index (χ1n) is 8.89. The van der Waals surface area contributed by atoms with E-state index in [0.29, 0.717) is 25.1 Å². The molecule has 1 saturated carbocycles. The topological polar surface area (TPSA) is 41.6 Å². The molecule has 1 aliphatic rings. The van der Waals surface area contributed by atoms with Crippen molar-refractivity contribution in [2.75, 3.05) is 20.2 Å².